The maximum absolute atomic E-state index is 9.02. The van der Waals surface area contributed by atoms with Crippen LogP contribution in [0.25, 0.3) is 0 Å². The van der Waals surface area contributed by atoms with E-state index in [2.05, 4.69) is 0 Å². The molecule has 0 radical (unpaired) electrons. The van der Waals surface area contributed by atoms with Gasteiger partial charge in [-0.15, -0.1) is 11.6 Å². The molecular weight excluding hydrogens is 232 g/mol. The fourth-order valence-corrected chi connectivity index (χ4v) is 1.93. The van der Waals surface area contributed by atoms with E-state index in [1.54, 1.807) is 0 Å². The maximum Gasteiger partial charge on any atom is 0.170 e. The Morgan fingerprint density at radius 1 is 1.25 bits per heavy atom. The van der Waals surface area contributed by atoms with Gasteiger partial charge in [0, 0.05) is 25.3 Å². The van der Waals surface area contributed by atoms with Crippen molar-refractivity contribution in [2.75, 3.05) is 38.9 Å². The van der Waals surface area contributed by atoms with E-state index < -0.39 is 5.79 Å². The topological polar surface area (TPSA) is 47.9 Å². The summed E-state index contributed by atoms with van der Waals surface area (Å²) in [6, 6.07) is 0. The van der Waals surface area contributed by atoms with Gasteiger partial charge in [0.2, 0.25) is 0 Å². The van der Waals surface area contributed by atoms with E-state index in [0.717, 1.165) is 19.3 Å². The first kappa shape index (κ1) is 14.2. The predicted octanol–water partition coefficient (Wildman–Crippen LogP) is 1.54. The monoisotopic (exact) mass is 252 g/mol. The number of aliphatic hydroxyl groups is 1. The molecule has 1 heterocycles. The van der Waals surface area contributed by atoms with Crippen molar-refractivity contribution in [1.82, 2.24) is 0 Å². The van der Waals surface area contributed by atoms with Gasteiger partial charge in [0.05, 0.1) is 26.4 Å². The maximum atomic E-state index is 9.02. The van der Waals surface area contributed by atoms with Crippen molar-refractivity contribution < 1.29 is 19.3 Å². The predicted molar refractivity (Wildman–Crippen MR) is 61.7 cm³/mol. The zero-order chi connectivity index (χ0) is 11.7. The molecular formula is C11H21ClO4. The summed E-state index contributed by atoms with van der Waals surface area (Å²) in [7, 11) is 0. The van der Waals surface area contributed by atoms with Gasteiger partial charge < -0.3 is 19.3 Å². The molecule has 1 fully saturated rings. The number of aliphatic hydroxyl groups excluding tert-OH is 1. The lowest BCUT2D eigenvalue weighted by Gasteiger charge is -2.36. The van der Waals surface area contributed by atoms with Crippen molar-refractivity contribution in [3.8, 4) is 0 Å². The number of hydrogen-bond donors (Lipinski definition) is 1. The third-order valence-electron chi connectivity index (χ3n) is 2.62. The molecule has 0 aromatic rings. The average Bonchev–Trinajstić information content (AvgIpc) is 2.30. The molecule has 0 aromatic heterocycles. The summed E-state index contributed by atoms with van der Waals surface area (Å²) in [6.07, 6.45) is 3.54. The zero-order valence-corrected chi connectivity index (χ0v) is 10.4. The highest BCUT2D eigenvalue weighted by molar-refractivity contribution is 6.17. The van der Waals surface area contributed by atoms with E-state index in [1.807, 2.05) is 0 Å². The van der Waals surface area contributed by atoms with E-state index in [0.29, 0.717) is 38.7 Å². The molecule has 0 saturated carbocycles. The third-order valence-corrected chi connectivity index (χ3v) is 2.78. The van der Waals surface area contributed by atoms with Crippen LogP contribution in [0.3, 0.4) is 0 Å². The smallest absolute Gasteiger partial charge is 0.170 e. The Balaban J connectivity index is 2.21. The second kappa shape index (κ2) is 8.25. The van der Waals surface area contributed by atoms with Gasteiger partial charge in [-0.1, -0.05) is 0 Å². The highest BCUT2D eigenvalue weighted by atomic mass is 35.5. The van der Waals surface area contributed by atoms with Crippen LogP contribution in [0.5, 0.6) is 0 Å². The molecule has 0 bridgehead atoms. The minimum absolute atomic E-state index is 0.0859. The number of rotatable bonds is 8. The lowest BCUT2D eigenvalue weighted by atomic mass is 10.0. The first-order valence-corrected chi connectivity index (χ1v) is 6.39. The lowest BCUT2D eigenvalue weighted by Crippen LogP contribution is -2.41. The number of ether oxygens (including phenoxy) is 3. The standard InChI is InChI=1S/C11H21ClO4/c12-5-8-14-9-10-16-11(4-6-13)3-1-2-7-15-11/h13H,1-10H2. The molecule has 1 rings (SSSR count). The van der Waals surface area contributed by atoms with Gasteiger partial charge in [-0.3, -0.25) is 0 Å². The van der Waals surface area contributed by atoms with E-state index >= 15 is 0 Å². The molecule has 0 spiro atoms. The van der Waals surface area contributed by atoms with Gasteiger partial charge in [0.1, 0.15) is 0 Å². The largest absolute Gasteiger partial charge is 0.396 e. The molecule has 1 atom stereocenters. The van der Waals surface area contributed by atoms with Crippen molar-refractivity contribution >= 4 is 11.6 Å². The summed E-state index contributed by atoms with van der Waals surface area (Å²) < 4.78 is 16.6. The summed E-state index contributed by atoms with van der Waals surface area (Å²) in [6.45, 7) is 2.34. The highest BCUT2D eigenvalue weighted by Crippen LogP contribution is 2.29. The van der Waals surface area contributed by atoms with Gasteiger partial charge >= 0.3 is 0 Å². The second-order valence-electron chi connectivity index (χ2n) is 3.84. The second-order valence-corrected chi connectivity index (χ2v) is 4.22. The minimum atomic E-state index is -0.586. The van der Waals surface area contributed by atoms with Crippen LogP contribution in [-0.2, 0) is 14.2 Å². The van der Waals surface area contributed by atoms with Crippen LogP contribution in [-0.4, -0.2) is 49.8 Å². The van der Waals surface area contributed by atoms with Gasteiger partial charge in [0.25, 0.3) is 0 Å². The average molecular weight is 253 g/mol. The first-order valence-electron chi connectivity index (χ1n) is 5.85. The van der Waals surface area contributed by atoms with E-state index in [-0.39, 0.29) is 6.61 Å². The fourth-order valence-electron chi connectivity index (χ4n) is 1.82. The van der Waals surface area contributed by atoms with Gasteiger partial charge in [0.15, 0.2) is 5.79 Å². The molecule has 96 valence electrons. The summed E-state index contributed by atoms with van der Waals surface area (Å²) >= 11 is 5.48. The lowest BCUT2D eigenvalue weighted by molar-refractivity contribution is -0.265. The van der Waals surface area contributed by atoms with Crippen LogP contribution in [0.4, 0.5) is 0 Å². The molecule has 5 heteroatoms. The Labute approximate surface area is 102 Å². The van der Waals surface area contributed by atoms with Crippen molar-refractivity contribution in [1.29, 1.82) is 0 Å². The molecule has 0 amide bonds. The van der Waals surface area contributed by atoms with Gasteiger partial charge in [-0.25, -0.2) is 0 Å². The van der Waals surface area contributed by atoms with E-state index in [9.17, 15) is 0 Å². The van der Waals surface area contributed by atoms with Crippen molar-refractivity contribution in [3.05, 3.63) is 0 Å². The normalized spacial score (nSPS) is 25.9. The van der Waals surface area contributed by atoms with E-state index in [1.165, 1.54) is 0 Å². The first-order chi connectivity index (χ1) is 7.83. The Hall–Kier alpha value is 0.130. The fraction of sp³-hybridized carbons (Fsp3) is 1.00. The Kier molecular flexibility index (Phi) is 7.32. The molecule has 1 N–H and O–H groups in total. The molecule has 16 heavy (non-hydrogen) atoms. The Morgan fingerprint density at radius 2 is 2.12 bits per heavy atom. The molecule has 1 aliphatic heterocycles. The summed E-state index contributed by atoms with van der Waals surface area (Å²) in [5.41, 5.74) is 0. The molecule has 1 saturated heterocycles. The molecule has 1 unspecified atom stereocenters. The quantitative estimate of drug-likeness (QED) is 0.526. The number of halogens is 1. The van der Waals surface area contributed by atoms with Crippen LogP contribution in [0.15, 0.2) is 0 Å². The highest BCUT2D eigenvalue weighted by Gasteiger charge is 2.33. The molecule has 0 aliphatic carbocycles. The van der Waals surface area contributed by atoms with Crippen LogP contribution in [0, 0.1) is 0 Å². The van der Waals surface area contributed by atoms with Gasteiger partial charge in [-0.2, -0.15) is 0 Å². The van der Waals surface area contributed by atoms with Gasteiger partial charge in [-0.05, 0) is 12.8 Å². The SMILES string of the molecule is OCCC1(OCCOCCCl)CCCCO1. The molecule has 0 aromatic carbocycles. The Bertz CT molecular complexity index is 166. The van der Waals surface area contributed by atoms with Crippen LogP contribution >= 0.6 is 11.6 Å². The zero-order valence-electron chi connectivity index (χ0n) is 9.62. The summed E-state index contributed by atoms with van der Waals surface area (Å²) in [4.78, 5) is 0. The van der Waals surface area contributed by atoms with Crippen molar-refractivity contribution in [3.63, 3.8) is 0 Å². The van der Waals surface area contributed by atoms with E-state index in [4.69, 9.17) is 30.9 Å². The third kappa shape index (κ3) is 4.97. The Morgan fingerprint density at radius 3 is 2.75 bits per heavy atom. The summed E-state index contributed by atoms with van der Waals surface area (Å²) in [5, 5.41) is 9.02. The number of alkyl halides is 1. The van der Waals surface area contributed by atoms with Crippen LogP contribution < -0.4 is 0 Å². The van der Waals surface area contributed by atoms with Crippen molar-refractivity contribution in [2.24, 2.45) is 0 Å². The molecule has 4 nitrogen and oxygen atoms in total. The van der Waals surface area contributed by atoms with Crippen LogP contribution in [0.2, 0.25) is 0 Å². The van der Waals surface area contributed by atoms with Crippen molar-refractivity contribution in [2.45, 2.75) is 31.5 Å². The summed E-state index contributed by atoms with van der Waals surface area (Å²) in [5.74, 6) is -0.0877. The number of hydrogen-bond acceptors (Lipinski definition) is 4. The molecule has 1 aliphatic rings. The van der Waals surface area contributed by atoms with Crippen LogP contribution in [0.1, 0.15) is 25.7 Å². The minimum Gasteiger partial charge on any atom is -0.396 e.